The van der Waals surface area contributed by atoms with Gasteiger partial charge in [-0.1, -0.05) is 5.16 Å². The Kier molecular flexibility index (Phi) is 5.72. The van der Waals surface area contributed by atoms with E-state index < -0.39 is 17.9 Å². The highest BCUT2D eigenvalue weighted by molar-refractivity contribution is 5.89. The Bertz CT molecular complexity index is 430. The van der Waals surface area contributed by atoms with E-state index in [1.165, 1.54) is 6.07 Å². The van der Waals surface area contributed by atoms with Gasteiger partial charge in [0.05, 0.1) is 0 Å². The van der Waals surface area contributed by atoms with E-state index in [-0.39, 0.29) is 5.69 Å². The quantitative estimate of drug-likeness (QED) is 0.648. The summed E-state index contributed by atoms with van der Waals surface area (Å²) in [5, 5.41) is 27.1. The van der Waals surface area contributed by atoms with Crippen LogP contribution in [-0.4, -0.2) is 38.4 Å². The van der Waals surface area contributed by atoms with Crippen LogP contribution in [0.5, 0.6) is 0 Å². The van der Waals surface area contributed by atoms with Crippen LogP contribution in [0.1, 0.15) is 16.2 Å². The molecule has 0 unspecified atom stereocenters. The van der Waals surface area contributed by atoms with Crippen molar-refractivity contribution >= 4 is 17.9 Å². The second kappa shape index (κ2) is 6.77. The van der Waals surface area contributed by atoms with Gasteiger partial charge in [-0.15, -0.1) is 0 Å². The molecule has 8 nitrogen and oxygen atoms in total. The fourth-order valence-corrected chi connectivity index (χ4v) is 0.610. The first kappa shape index (κ1) is 14.4. The van der Waals surface area contributed by atoms with Gasteiger partial charge in [-0.25, -0.2) is 14.4 Å². The van der Waals surface area contributed by atoms with E-state index in [4.69, 9.17) is 15.3 Å². The minimum atomic E-state index is -1.26. The first-order valence-corrected chi connectivity index (χ1v) is 4.13. The lowest BCUT2D eigenvalue weighted by Gasteiger charge is -1.75. The Labute approximate surface area is 94.8 Å². The minimum absolute atomic E-state index is 0.0486. The van der Waals surface area contributed by atoms with Crippen LogP contribution in [-0.2, 0) is 9.59 Å². The summed E-state index contributed by atoms with van der Waals surface area (Å²) in [5.74, 6) is -3.07. The van der Waals surface area contributed by atoms with Gasteiger partial charge in [-0.05, 0) is 6.92 Å². The predicted octanol–water partition coefficient (Wildman–Crippen LogP) is 0.393. The van der Waals surface area contributed by atoms with Gasteiger partial charge in [0.1, 0.15) is 5.76 Å². The van der Waals surface area contributed by atoms with Crippen LogP contribution in [0.25, 0.3) is 0 Å². The summed E-state index contributed by atoms with van der Waals surface area (Å²) in [7, 11) is 0. The topological polar surface area (TPSA) is 138 Å². The van der Waals surface area contributed by atoms with E-state index in [0.717, 1.165) is 0 Å². The number of hydrogen-bond acceptors (Lipinski definition) is 5. The molecule has 0 fully saturated rings. The minimum Gasteiger partial charge on any atom is -0.478 e. The van der Waals surface area contributed by atoms with Crippen molar-refractivity contribution in [2.24, 2.45) is 0 Å². The molecule has 17 heavy (non-hydrogen) atoms. The van der Waals surface area contributed by atoms with Crippen LogP contribution in [0.4, 0.5) is 0 Å². The van der Waals surface area contributed by atoms with E-state index >= 15 is 0 Å². The first-order valence-electron chi connectivity index (χ1n) is 4.13. The molecule has 0 aromatic carbocycles. The van der Waals surface area contributed by atoms with Crippen LogP contribution >= 0.6 is 0 Å². The number of aliphatic carboxylic acids is 2. The van der Waals surface area contributed by atoms with Crippen molar-refractivity contribution in [2.75, 3.05) is 0 Å². The summed E-state index contributed by atoms with van der Waals surface area (Å²) in [6.07, 6.45) is 1.12. The van der Waals surface area contributed by atoms with E-state index in [0.29, 0.717) is 17.9 Å². The molecule has 1 rings (SSSR count). The van der Waals surface area contributed by atoms with E-state index in [2.05, 4.69) is 9.68 Å². The Morgan fingerprint density at radius 3 is 1.82 bits per heavy atom. The summed E-state index contributed by atoms with van der Waals surface area (Å²) < 4.78 is 4.49. The standard InChI is InChI=1S/C5H5NO3.C4H4O4/c1-3-2-4(5(7)8)6-9-3;5-3(6)1-2-4(7)8/h2H,1H3,(H,7,8);1-2H,(H,5,6)(H,7,8). The Balaban J connectivity index is 0.000000304. The molecular weight excluding hydrogens is 234 g/mol. The van der Waals surface area contributed by atoms with Gasteiger partial charge in [0.25, 0.3) is 0 Å². The average Bonchev–Trinajstić information content (AvgIpc) is 2.63. The van der Waals surface area contributed by atoms with Gasteiger partial charge >= 0.3 is 17.9 Å². The second-order valence-electron chi connectivity index (χ2n) is 2.64. The Morgan fingerprint density at radius 2 is 1.65 bits per heavy atom. The number of carbonyl (C=O) groups is 3. The van der Waals surface area contributed by atoms with E-state index in [1.807, 2.05) is 0 Å². The summed E-state index contributed by atoms with van der Waals surface area (Å²) in [6, 6.07) is 1.36. The number of carboxylic acid groups (broad SMARTS) is 3. The molecule has 8 heteroatoms. The molecule has 0 atom stereocenters. The predicted molar refractivity (Wildman–Crippen MR) is 52.6 cm³/mol. The number of aromatic carboxylic acids is 1. The number of nitrogens with zero attached hydrogens (tertiary/aromatic N) is 1. The molecule has 0 aliphatic carbocycles. The highest BCUT2D eigenvalue weighted by Gasteiger charge is 2.06. The van der Waals surface area contributed by atoms with Crippen molar-refractivity contribution in [3.8, 4) is 0 Å². The van der Waals surface area contributed by atoms with Gasteiger partial charge in [0.2, 0.25) is 0 Å². The normalized spacial score (nSPS) is 9.47. The lowest BCUT2D eigenvalue weighted by molar-refractivity contribution is -0.134. The van der Waals surface area contributed by atoms with Crippen molar-refractivity contribution in [2.45, 2.75) is 6.92 Å². The molecule has 0 aliphatic heterocycles. The number of rotatable bonds is 3. The summed E-state index contributed by atoms with van der Waals surface area (Å²) >= 11 is 0. The molecule has 1 aromatic heterocycles. The van der Waals surface area contributed by atoms with Gasteiger partial charge < -0.3 is 19.8 Å². The molecule has 1 heterocycles. The fraction of sp³-hybridized carbons (Fsp3) is 0.111. The van der Waals surface area contributed by atoms with Crippen molar-refractivity contribution in [3.63, 3.8) is 0 Å². The van der Waals surface area contributed by atoms with Crippen LogP contribution in [0.15, 0.2) is 22.7 Å². The number of aryl methyl sites for hydroxylation is 1. The third-order valence-corrected chi connectivity index (χ3v) is 1.22. The first-order chi connectivity index (χ1) is 7.82. The lowest BCUT2D eigenvalue weighted by Crippen LogP contribution is -1.94. The molecular formula is C9H9NO7. The maximum Gasteiger partial charge on any atom is 0.358 e. The number of carboxylic acids is 3. The molecule has 3 N–H and O–H groups in total. The largest absolute Gasteiger partial charge is 0.478 e. The van der Waals surface area contributed by atoms with Gasteiger partial charge in [0, 0.05) is 18.2 Å². The molecule has 0 aliphatic rings. The molecule has 0 amide bonds. The van der Waals surface area contributed by atoms with Crippen LogP contribution in [0.2, 0.25) is 0 Å². The van der Waals surface area contributed by atoms with Crippen molar-refractivity contribution in [1.29, 1.82) is 0 Å². The third kappa shape index (κ3) is 7.31. The zero-order chi connectivity index (χ0) is 13.4. The zero-order valence-corrected chi connectivity index (χ0v) is 8.65. The lowest BCUT2D eigenvalue weighted by atomic mass is 10.4. The highest BCUT2D eigenvalue weighted by atomic mass is 16.5. The number of hydrogen-bond donors (Lipinski definition) is 3. The van der Waals surface area contributed by atoms with E-state index in [9.17, 15) is 14.4 Å². The molecule has 92 valence electrons. The van der Waals surface area contributed by atoms with Crippen LogP contribution in [0.3, 0.4) is 0 Å². The molecule has 0 saturated heterocycles. The van der Waals surface area contributed by atoms with Gasteiger partial charge in [-0.3, -0.25) is 0 Å². The van der Waals surface area contributed by atoms with Gasteiger partial charge in [0.15, 0.2) is 5.69 Å². The van der Waals surface area contributed by atoms with Crippen LogP contribution < -0.4 is 0 Å². The molecule has 1 aromatic rings. The SMILES string of the molecule is Cc1cc(C(=O)O)no1.O=C(O)C=CC(=O)O. The summed E-state index contributed by atoms with van der Waals surface area (Å²) in [5.41, 5.74) is -0.0486. The van der Waals surface area contributed by atoms with Crippen molar-refractivity contribution < 1.29 is 34.2 Å². The monoisotopic (exact) mass is 243 g/mol. The highest BCUT2D eigenvalue weighted by Crippen LogP contribution is 1.99. The average molecular weight is 243 g/mol. The summed E-state index contributed by atoms with van der Waals surface area (Å²) in [4.78, 5) is 29.2. The van der Waals surface area contributed by atoms with E-state index in [1.54, 1.807) is 6.92 Å². The van der Waals surface area contributed by atoms with Crippen LogP contribution in [0, 0.1) is 6.92 Å². The molecule has 0 bridgehead atoms. The number of aromatic nitrogens is 1. The van der Waals surface area contributed by atoms with Crippen molar-refractivity contribution in [1.82, 2.24) is 5.16 Å². The molecule has 0 saturated carbocycles. The zero-order valence-electron chi connectivity index (χ0n) is 8.65. The van der Waals surface area contributed by atoms with Crippen molar-refractivity contribution in [3.05, 3.63) is 29.7 Å². The maximum atomic E-state index is 10.1. The third-order valence-electron chi connectivity index (χ3n) is 1.22. The Morgan fingerprint density at radius 1 is 1.18 bits per heavy atom. The maximum absolute atomic E-state index is 10.1. The smallest absolute Gasteiger partial charge is 0.358 e. The summed E-state index contributed by atoms with van der Waals surface area (Å²) in [6.45, 7) is 1.64. The second-order valence-corrected chi connectivity index (χ2v) is 2.64. The molecule has 0 radical (unpaired) electrons. The fourth-order valence-electron chi connectivity index (χ4n) is 0.610. The van der Waals surface area contributed by atoms with Gasteiger partial charge in [-0.2, -0.15) is 0 Å². The Hall–Kier alpha value is -2.64. The molecule has 0 spiro atoms.